The van der Waals surface area contributed by atoms with Crippen molar-refractivity contribution in [3.8, 4) is 0 Å². The van der Waals surface area contributed by atoms with Crippen LogP contribution in [0.25, 0.3) is 0 Å². The van der Waals surface area contributed by atoms with Gasteiger partial charge in [0.15, 0.2) is 0 Å². The summed E-state index contributed by atoms with van der Waals surface area (Å²) in [5.41, 5.74) is 13.4. The fraction of sp³-hybridized carbons (Fsp3) is 0.400. The number of aliphatic imine (C=N–C) groups is 1. The van der Waals surface area contributed by atoms with E-state index in [2.05, 4.69) is 4.99 Å². The van der Waals surface area contributed by atoms with Crippen LogP contribution in [-0.2, 0) is 6.42 Å². The van der Waals surface area contributed by atoms with Gasteiger partial charge in [0.1, 0.15) is 0 Å². The highest BCUT2D eigenvalue weighted by atomic mass is 16.3. The molecule has 0 aromatic heterocycles. The van der Waals surface area contributed by atoms with E-state index in [1.165, 1.54) is 0 Å². The lowest BCUT2D eigenvalue weighted by atomic mass is 9.78. The van der Waals surface area contributed by atoms with Gasteiger partial charge in [-0.15, -0.1) is 0 Å². The lowest BCUT2D eigenvalue weighted by molar-refractivity contribution is 0.152. The average Bonchev–Trinajstić information content (AvgIpc) is 2.89. The number of nitrogens with two attached hydrogens (primary N) is 2. The Bertz CT molecular complexity index is 514. The zero-order valence-electron chi connectivity index (χ0n) is 11.4. The molecule has 0 aliphatic carbocycles. The minimum absolute atomic E-state index is 0.0184. The van der Waals surface area contributed by atoms with E-state index in [0.717, 1.165) is 5.56 Å². The van der Waals surface area contributed by atoms with Gasteiger partial charge in [-0.3, -0.25) is 4.99 Å². The van der Waals surface area contributed by atoms with E-state index in [1.807, 2.05) is 18.2 Å². The Morgan fingerprint density at radius 2 is 2.05 bits per heavy atom. The molecule has 2 rings (SSSR count). The number of nitrogens with zero attached hydrogens (tertiary/aromatic N) is 1. The summed E-state index contributed by atoms with van der Waals surface area (Å²) in [5.74, 6) is -0.145. The van der Waals surface area contributed by atoms with Gasteiger partial charge in [-0.25, -0.2) is 0 Å². The van der Waals surface area contributed by atoms with Crippen LogP contribution in [-0.4, -0.2) is 35.2 Å². The fourth-order valence-corrected chi connectivity index (χ4v) is 2.67. The molecule has 5 heteroatoms. The third-order valence-electron chi connectivity index (χ3n) is 3.86. The topological polar surface area (TPSA) is 105 Å². The number of benzene rings is 1. The first-order valence-corrected chi connectivity index (χ1v) is 6.70. The molecule has 1 aromatic rings. The summed E-state index contributed by atoms with van der Waals surface area (Å²) in [6, 6.07) is 5.35. The Hall–Kier alpha value is -1.85. The number of anilines is 2. The van der Waals surface area contributed by atoms with Crippen LogP contribution in [0, 0.1) is 5.92 Å². The van der Waals surface area contributed by atoms with E-state index in [0.29, 0.717) is 24.2 Å². The highest BCUT2D eigenvalue weighted by molar-refractivity contribution is 5.75. The van der Waals surface area contributed by atoms with Crippen molar-refractivity contribution in [2.75, 3.05) is 24.7 Å². The molecular formula is C15H21N3O2. The van der Waals surface area contributed by atoms with Crippen LogP contribution in [0.15, 0.2) is 35.3 Å². The van der Waals surface area contributed by atoms with E-state index < -0.39 is 5.54 Å². The van der Waals surface area contributed by atoms with Crippen LogP contribution in [0.3, 0.4) is 0 Å². The zero-order valence-corrected chi connectivity index (χ0v) is 11.4. The van der Waals surface area contributed by atoms with Gasteiger partial charge in [0, 0.05) is 36.7 Å². The first kappa shape index (κ1) is 14.6. The largest absolute Gasteiger partial charge is 0.399 e. The molecule has 1 aliphatic rings. The zero-order chi connectivity index (χ0) is 14.6. The lowest BCUT2D eigenvalue weighted by Gasteiger charge is -2.32. The number of hydrogen-bond donors (Lipinski definition) is 4. The van der Waals surface area contributed by atoms with E-state index >= 15 is 0 Å². The predicted octanol–water partition coefficient (Wildman–Crippen LogP) is 0.764. The molecule has 0 spiro atoms. The summed E-state index contributed by atoms with van der Waals surface area (Å²) >= 11 is 0. The van der Waals surface area contributed by atoms with Crippen molar-refractivity contribution >= 4 is 17.6 Å². The summed E-state index contributed by atoms with van der Waals surface area (Å²) in [5, 5.41) is 19.0. The summed E-state index contributed by atoms with van der Waals surface area (Å²) in [7, 11) is 0. The number of hydrogen-bond acceptors (Lipinski definition) is 5. The Morgan fingerprint density at radius 1 is 1.25 bits per heavy atom. The van der Waals surface area contributed by atoms with Gasteiger partial charge < -0.3 is 21.7 Å². The highest BCUT2D eigenvalue weighted by Crippen LogP contribution is 2.34. The van der Waals surface area contributed by atoms with Crippen molar-refractivity contribution in [1.29, 1.82) is 0 Å². The van der Waals surface area contributed by atoms with Gasteiger partial charge in [0.2, 0.25) is 0 Å². The maximum absolute atomic E-state index is 9.74. The summed E-state index contributed by atoms with van der Waals surface area (Å²) in [4.78, 5) is 4.45. The summed E-state index contributed by atoms with van der Waals surface area (Å²) in [6.07, 6.45) is 6.54. The van der Waals surface area contributed by atoms with E-state index in [9.17, 15) is 10.2 Å². The molecule has 0 amide bonds. The normalized spacial score (nSPS) is 22.3. The van der Waals surface area contributed by atoms with Gasteiger partial charge in [-0.1, -0.05) is 6.08 Å². The monoisotopic (exact) mass is 275 g/mol. The molecular weight excluding hydrogens is 254 g/mol. The van der Waals surface area contributed by atoms with Gasteiger partial charge in [-0.05, 0) is 42.7 Å². The first-order valence-electron chi connectivity index (χ1n) is 6.70. The van der Waals surface area contributed by atoms with Gasteiger partial charge >= 0.3 is 0 Å². The van der Waals surface area contributed by atoms with Gasteiger partial charge in [-0.2, -0.15) is 0 Å². The van der Waals surface area contributed by atoms with Crippen LogP contribution >= 0.6 is 0 Å². The van der Waals surface area contributed by atoms with Crippen LogP contribution < -0.4 is 11.5 Å². The van der Waals surface area contributed by atoms with Gasteiger partial charge in [0.25, 0.3) is 0 Å². The molecule has 2 atom stereocenters. The number of aliphatic hydroxyl groups is 2. The molecule has 5 nitrogen and oxygen atoms in total. The quantitative estimate of drug-likeness (QED) is 0.575. The molecule has 6 N–H and O–H groups in total. The molecule has 1 aliphatic heterocycles. The molecule has 0 saturated heterocycles. The van der Waals surface area contributed by atoms with Crippen molar-refractivity contribution in [2.45, 2.75) is 18.4 Å². The molecule has 20 heavy (non-hydrogen) atoms. The molecule has 1 aromatic carbocycles. The maximum Gasteiger partial charge on any atom is 0.0866 e. The average molecular weight is 275 g/mol. The Labute approximate surface area is 118 Å². The second-order valence-electron chi connectivity index (χ2n) is 5.14. The Morgan fingerprint density at radius 3 is 2.65 bits per heavy atom. The molecule has 108 valence electrons. The van der Waals surface area contributed by atoms with E-state index in [1.54, 1.807) is 18.3 Å². The minimum atomic E-state index is -0.555. The SMILES string of the molecule is Nc1ccc(N)c(CC(CO)C2(CCO)C=CC=N2)c1. The molecule has 0 bridgehead atoms. The van der Waals surface area contributed by atoms with Gasteiger partial charge in [0.05, 0.1) is 5.54 Å². The van der Waals surface area contributed by atoms with Crippen molar-refractivity contribution in [1.82, 2.24) is 0 Å². The number of nitrogen functional groups attached to an aromatic ring is 2. The summed E-state index contributed by atoms with van der Waals surface area (Å²) < 4.78 is 0. The Kier molecular flexibility index (Phi) is 4.42. The third kappa shape index (κ3) is 2.84. The fourth-order valence-electron chi connectivity index (χ4n) is 2.67. The molecule has 0 fully saturated rings. The van der Waals surface area contributed by atoms with E-state index in [4.69, 9.17) is 11.5 Å². The number of rotatable bonds is 6. The lowest BCUT2D eigenvalue weighted by Crippen LogP contribution is -2.38. The summed E-state index contributed by atoms with van der Waals surface area (Å²) in [6.45, 7) is -0.0134. The predicted molar refractivity (Wildman–Crippen MR) is 81.6 cm³/mol. The molecule has 1 heterocycles. The van der Waals surface area contributed by atoms with Crippen LogP contribution in [0.1, 0.15) is 12.0 Å². The standard InChI is InChI=1S/C15H21N3O2/c16-13-2-3-14(17)11(9-13)8-12(10-20)15(5-7-19)4-1-6-18-15/h1-4,6,9,12,19-20H,5,7-8,10,16-17H2. The second-order valence-corrected chi connectivity index (χ2v) is 5.14. The third-order valence-corrected chi connectivity index (χ3v) is 3.86. The number of allylic oxidation sites excluding steroid dienone is 1. The number of aliphatic hydroxyl groups excluding tert-OH is 2. The van der Waals surface area contributed by atoms with Crippen LogP contribution in [0.2, 0.25) is 0 Å². The first-order chi connectivity index (χ1) is 9.61. The minimum Gasteiger partial charge on any atom is -0.399 e. The van der Waals surface area contributed by atoms with Crippen LogP contribution in [0.4, 0.5) is 11.4 Å². The van der Waals surface area contributed by atoms with Crippen molar-refractivity contribution in [3.63, 3.8) is 0 Å². The van der Waals surface area contributed by atoms with Crippen molar-refractivity contribution in [3.05, 3.63) is 35.9 Å². The van der Waals surface area contributed by atoms with Crippen LogP contribution in [0.5, 0.6) is 0 Å². The second kappa shape index (κ2) is 6.07. The molecule has 2 unspecified atom stereocenters. The van der Waals surface area contributed by atoms with Crippen molar-refractivity contribution < 1.29 is 10.2 Å². The maximum atomic E-state index is 9.74. The Balaban J connectivity index is 2.26. The molecule has 0 saturated carbocycles. The molecule has 0 radical (unpaired) electrons. The van der Waals surface area contributed by atoms with Crippen molar-refractivity contribution in [2.24, 2.45) is 10.9 Å². The van der Waals surface area contributed by atoms with E-state index in [-0.39, 0.29) is 19.1 Å². The smallest absolute Gasteiger partial charge is 0.0866 e. The highest BCUT2D eigenvalue weighted by Gasteiger charge is 2.36.